The first-order chi connectivity index (χ1) is 11.0. The molecule has 0 atom stereocenters. The number of hydrogen-bond donors (Lipinski definition) is 2. The Kier molecular flexibility index (Phi) is 4.14. The molecule has 3 rings (SSSR count). The van der Waals surface area contributed by atoms with Crippen LogP contribution in [-0.2, 0) is 6.54 Å². The van der Waals surface area contributed by atoms with E-state index in [-0.39, 0.29) is 28.4 Å². The molecule has 1 amide bonds. The van der Waals surface area contributed by atoms with Gasteiger partial charge < -0.3 is 10.3 Å². The predicted octanol–water partition coefficient (Wildman–Crippen LogP) is 3.02. The lowest BCUT2D eigenvalue weighted by atomic mass is 10.1. The Labute approximate surface area is 139 Å². The monoisotopic (exact) mass is 351 g/mol. The summed E-state index contributed by atoms with van der Waals surface area (Å²) in [4.78, 5) is 32.1. The first-order valence-corrected chi connectivity index (χ1v) is 7.85. The fourth-order valence-electron chi connectivity index (χ4n) is 2.25. The Balaban J connectivity index is 1.88. The van der Waals surface area contributed by atoms with E-state index in [4.69, 9.17) is 11.6 Å². The van der Waals surface area contributed by atoms with Crippen LogP contribution in [0.1, 0.15) is 20.8 Å². The van der Waals surface area contributed by atoms with Crippen molar-refractivity contribution in [2.45, 2.75) is 13.5 Å². The van der Waals surface area contributed by atoms with Gasteiger partial charge in [0, 0.05) is 11.4 Å². The summed E-state index contributed by atoms with van der Waals surface area (Å²) in [5.41, 5.74) is 0.621. The number of nitrogens with zero attached hydrogens (tertiary/aromatic N) is 1. The molecule has 0 aliphatic carbocycles. The van der Waals surface area contributed by atoms with Gasteiger partial charge in [0.2, 0.25) is 0 Å². The Hall–Kier alpha value is -2.25. The molecule has 0 aliphatic rings. The van der Waals surface area contributed by atoms with Gasteiger partial charge in [-0.2, -0.15) is 0 Å². The van der Waals surface area contributed by atoms with E-state index in [0.29, 0.717) is 20.8 Å². The number of aromatic amines is 1. The zero-order valence-corrected chi connectivity index (χ0v) is 13.5. The van der Waals surface area contributed by atoms with E-state index in [1.165, 1.54) is 35.9 Å². The van der Waals surface area contributed by atoms with Crippen LogP contribution in [0, 0.1) is 12.7 Å². The molecule has 2 heterocycles. The third kappa shape index (κ3) is 2.97. The third-order valence-electron chi connectivity index (χ3n) is 3.33. The number of H-pyrrole nitrogens is 1. The van der Waals surface area contributed by atoms with E-state index in [0.717, 1.165) is 0 Å². The molecule has 0 fully saturated rings. The average Bonchev–Trinajstić information content (AvgIpc) is 2.85. The highest BCUT2D eigenvalue weighted by Gasteiger charge is 2.19. The number of carbonyl (C=O) groups is 1. The predicted molar refractivity (Wildman–Crippen MR) is 87.6 cm³/mol. The number of amides is 1. The number of hydrogen-bond acceptors (Lipinski definition) is 4. The summed E-state index contributed by atoms with van der Waals surface area (Å²) >= 11 is 7.00. The van der Waals surface area contributed by atoms with Crippen LogP contribution in [0.5, 0.6) is 0 Å². The van der Waals surface area contributed by atoms with Gasteiger partial charge in [-0.3, -0.25) is 9.59 Å². The van der Waals surface area contributed by atoms with Gasteiger partial charge >= 0.3 is 0 Å². The summed E-state index contributed by atoms with van der Waals surface area (Å²) in [6.07, 6.45) is 1.31. The first-order valence-electron chi connectivity index (χ1n) is 6.66. The zero-order chi connectivity index (χ0) is 16.6. The van der Waals surface area contributed by atoms with Crippen LogP contribution >= 0.6 is 22.9 Å². The van der Waals surface area contributed by atoms with Crippen molar-refractivity contribution < 1.29 is 9.18 Å². The number of aromatic nitrogens is 2. The van der Waals surface area contributed by atoms with Crippen LogP contribution in [0.2, 0.25) is 5.02 Å². The van der Waals surface area contributed by atoms with Gasteiger partial charge in [-0.15, -0.1) is 11.3 Å². The molecule has 0 saturated carbocycles. The SMILES string of the molecule is Cc1sc2nc[nH]c(=O)c2c1C(=O)NCc1ccc(F)c(Cl)c1. The van der Waals surface area contributed by atoms with E-state index in [1.807, 2.05) is 0 Å². The number of rotatable bonds is 3. The van der Waals surface area contributed by atoms with Crippen molar-refractivity contribution in [2.24, 2.45) is 0 Å². The Morgan fingerprint density at radius 3 is 3.00 bits per heavy atom. The summed E-state index contributed by atoms with van der Waals surface area (Å²) in [6.45, 7) is 1.93. The number of carbonyl (C=O) groups excluding carboxylic acids is 1. The van der Waals surface area contributed by atoms with Crippen LogP contribution < -0.4 is 10.9 Å². The van der Waals surface area contributed by atoms with Gasteiger partial charge in [-0.25, -0.2) is 9.37 Å². The van der Waals surface area contributed by atoms with Gasteiger partial charge in [0.15, 0.2) is 0 Å². The lowest BCUT2D eigenvalue weighted by Crippen LogP contribution is -2.24. The lowest BCUT2D eigenvalue weighted by molar-refractivity contribution is 0.0952. The summed E-state index contributed by atoms with van der Waals surface area (Å²) in [5.74, 6) is -0.897. The number of nitrogens with one attached hydrogen (secondary N) is 2. The van der Waals surface area contributed by atoms with E-state index >= 15 is 0 Å². The van der Waals surface area contributed by atoms with E-state index in [1.54, 1.807) is 6.92 Å². The first kappa shape index (κ1) is 15.6. The minimum absolute atomic E-state index is 0.00504. The highest BCUT2D eigenvalue weighted by molar-refractivity contribution is 7.19. The molecule has 0 unspecified atom stereocenters. The molecular weight excluding hydrogens is 341 g/mol. The van der Waals surface area contributed by atoms with Gasteiger partial charge in [-0.05, 0) is 24.6 Å². The van der Waals surface area contributed by atoms with Gasteiger partial charge in [0.1, 0.15) is 10.6 Å². The summed E-state index contributed by atoms with van der Waals surface area (Å²) in [6, 6.07) is 4.22. The van der Waals surface area contributed by atoms with E-state index in [2.05, 4.69) is 15.3 Å². The summed E-state index contributed by atoms with van der Waals surface area (Å²) in [7, 11) is 0. The average molecular weight is 352 g/mol. The Morgan fingerprint density at radius 1 is 1.48 bits per heavy atom. The zero-order valence-electron chi connectivity index (χ0n) is 11.9. The highest BCUT2D eigenvalue weighted by atomic mass is 35.5. The van der Waals surface area contributed by atoms with Crippen LogP contribution in [0.3, 0.4) is 0 Å². The maximum Gasteiger partial charge on any atom is 0.260 e. The molecule has 23 heavy (non-hydrogen) atoms. The molecule has 8 heteroatoms. The number of fused-ring (bicyclic) bond motifs is 1. The second kappa shape index (κ2) is 6.10. The summed E-state index contributed by atoms with van der Waals surface area (Å²) in [5, 5.41) is 2.99. The van der Waals surface area contributed by atoms with Crippen molar-refractivity contribution in [1.82, 2.24) is 15.3 Å². The Bertz CT molecular complexity index is 967. The molecule has 3 aromatic rings. The maximum atomic E-state index is 13.1. The topological polar surface area (TPSA) is 74.8 Å². The van der Waals surface area contributed by atoms with Crippen molar-refractivity contribution in [3.05, 3.63) is 61.7 Å². The second-order valence-corrected chi connectivity index (χ2v) is 6.49. The molecule has 5 nitrogen and oxygen atoms in total. The number of halogens is 2. The van der Waals surface area contributed by atoms with Gasteiger partial charge in [0.25, 0.3) is 11.5 Å². The smallest absolute Gasteiger partial charge is 0.260 e. The highest BCUT2D eigenvalue weighted by Crippen LogP contribution is 2.26. The lowest BCUT2D eigenvalue weighted by Gasteiger charge is -2.06. The van der Waals surface area contributed by atoms with Crippen LogP contribution in [0.25, 0.3) is 10.2 Å². The normalized spacial score (nSPS) is 10.9. The van der Waals surface area contributed by atoms with Gasteiger partial charge in [-0.1, -0.05) is 17.7 Å². The van der Waals surface area contributed by atoms with Crippen molar-refractivity contribution in [3.63, 3.8) is 0 Å². The van der Waals surface area contributed by atoms with Crippen LogP contribution in [-0.4, -0.2) is 15.9 Å². The van der Waals surface area contributed by atoms with Crippen LogP contribution in [0.4, 0.5) is 4.39 Å². The van der Waals surface area contributed by atoms with Crippen molar-refractivity contribution in [3.8, 4) is 0 Å². The maximum absolute atomic E-state index is 13.1. The molecule has 2 aromatic heterocycles. The van der Waals surface area contributed by atoms with Crippen molar-refractivity contribution in [1.29, 1.82) is 0 Å². The minimum Gasteiger partial charge on any atom is -0.348 e. The molecule has 0 saturated heterocycles. The van der Waals surface area contributed by atoms with Crippen molar-refractivity contribution in [2.75, 3.05) is 0 Å². The van der Waals surface area contributed by atoms with Gasteiger partial charge in [0.05, 0.1) is 22.3 Å². The molecule has 0 bridgehead atoms. The van der Waals surface area contributed by atoms with E-state index < -0.39 is 5.82 Å². The van der Waals surface area contributed by atoms with Crippen molar-refractivity contribution >= 4 is 39.1 Å². The quantitative estimate of drug-likeness (QED) is 0.761. The molecule has 0 aliphatic heterocycles. The molecule has 1 aromatic carbocycles. The number of thiophene rings is 1. The standard InChI is InChI=1S/C15H11ClFN3O2S/c1-7-11(12-14(22)19-6-20-15(12)23-7)13(21)18-5-8-2-3-10(17)9(16)4-8/h2-4,6H,5H2,1H3,(H,18,21)(H,19,20,22). The fraction of sp³-hybridized carbons (Fsp3) is 0.133. The molecule has 0 radical (unpaired) electrons. The molecular formula is C15H11ClFN3O2S. The minimum atomic E-state index is -0.515. The largest absolute Gasteiger partial charge is 0.348 e. The molecule has 0 spiro atoms. The third-order valence-corrected chi connectivity index (χ3v) is 4.64. The summed E-state index contributed by atoms with van der Waals surface area (Å²) < 4.78 is 13.1. The second-order valence-electron chi connectivity index (χ2n) is 4.88. The number of aryl methyl sites for hydroxylation is 1. The molecule has 118 valence electrons. The fourth-order valence-corrected chi connectivity index (χ4v) is 3.44. The number of benzene rings is 1. The Morgan fingerprint density at radius 2 is 2.26 bits per heavy atom. The molecule has 2 N–H and O–H groups in total. The van der Waals surface area contributed by atoms with E-state index in [9.17, 15) is 14.0 Å². The van der Waals surface area contributed by atoms with Crippen LogP contribution in [0.15, 0.2) is 29.3 Å².